The molecule has 0 fully saturated rings. The van der Waals surface area contributed by atoms with Crippen LogP contribution in [0.2, 0.25) is 0 Å². The fraction of sp³-hybridized carbons (Fsp3) is 0.385. The van der Waals surface area contributed by atoms with Gasteiger partial charge in [0.2, 0.25) is 5.91 Å². The minimum atomic E-state index is -0.963. The second-order valence-corrected chi connectivity index (χ2v) is 10.6. The molecule has 1 atom stereocenters. The zero-order valence-corrected chi connectivity index (χ0v) is 21.3. The lowest BCUT2D eigenvalue weighted by Gasteiger charge is -2.29. The molecule has 2 aliphatic heterocycles. The van der Waals surface area contributed by atoms with Crippen molar-refractivity contribution in [2.75, 3.05) is 38.4 Å². The lowest BCUT2D eigenvalue weighted by molar-refractivity contribution is -0.120. The van der Waals surface area contributed by atoms with Gasteiger partial charge in [0.1, 0.15) is 4.75 Å². The maximum Gasteiger partial charge on any atom is 0.322 e. The summed E-state index contributed by atoms with van der Waals surface area (Å²) >= 11 is 1.44. The van der Waals surface area contributed by atoms with Crippen molar-refractivity contribution >= 4 is 35.1 Å². The van der Waals surface area contributed by atoms with Crippen LogP contribution in [0.5, 0.6) is 11.5 Å². The number of carbonyl (C=O) groups excluding carboxylic acids is 2. The highest BCUT2D eigenvalue weighted by molar-refractivity contribution is 8.05. The zero-order valence-electron chi connectivity index (χ0n) is 20.5. The highest BCUT2D eigenvalue weighted by Gasteiger charge is 2.48. The van der Waals surface area contributed by atoms with Crippen LogP contribution in [0.1, 0.15) is 43.7 Å². The van der Waals surface area contributed by atoms with Gasteiger partial charge in [-0.05, 0) is 42.5 Å². The second-order valence-electron chi connectivity index (χ2n) is 9.17. The Morgan fingerprint density at radius 2 is 1.86 bits per heavy atom. The number of primary amides is 1. The largest absolute Gasteiger partial charge is 0.493 e. The Morgan fingerprint density at radius 3 is 2.51 bits per heavy atom. The molecule has 0 saturated heterocycles. The van der Waals surface area contributed by atoms with E-state index < -0.39 is 10.7 Å². The number of nitrogen functional groups attached to an aromatic ring is 1. The number of nitrogens with zero attached hydrogens (tertiary/aromatic N) is 1. The molecule has 2 aliphatic rings. The van der Waals surface area contributed by atoms with Crippen molar-refractivity contribution in [2.45, 2.75) is 37.4 Å². The van der Waals surface area contributed by atoms with Crippen LogP contribution in [-0.2, 0) is 9.54 Å². The highest BCUT2D eigenvalue weighted by Crippen LogP contribution is 2.56. The molecule has 4 rings (SSSR count). The van der Waals surface area contributed by atoms with E-state index in [1.807, 2.05) is 18.2 Å². The summed E-state index contributed by atoms with van der Waals surface area (Å²) in [7, 11) is 3.11. The third-order valence-corrected chi connectivity index (χ3v) is 8.25. The van der Waals surface area contributed by atoms with E-state index in [1.54, 1.807) is 37.3 Å². The van der Waals surface area contributed by atoms with Crippen LogP contribution in [0.3, 0.4) is 0 Å². The molecule has 186 valence electrons. The number of ether oxygens (including phenoxy) is 2. The molecule has 3 amide bonds. The van der Waals surface area contributed by atoms with Crippen LogP contribution in [0.15, 0.2) is 46.9 Å². The average Bonchev–Trinajstić information content (AvgIpc) is 3.24. The summed E-state index contributed by atoms with van der Waals surface area (Å²) in [6.07, 6.45) is 1.19. The minimum Gasteiger partial charge on any atom is -0.493 e. The first kappa shape index (κ1) is 24.8. The first-order chi connectivity index (χ1) is 16.7. The van der Waals surface area contributed by atoms with Gasteiger partial charge in [0.05, 0.1) is 20.8 Å². The molecule has 8 nitrogen and oxygen atoms in total. The van der Waals surface area contributed by atoms with Gasteiger partial charge in [0.15, 0.2) is 11.5 Å². The topological polar surface area (TPSA) is 120 Å². The molecule has 35 heavy (non-hydrogen) atoms. The number of thioether (sulfide) groups is 1. The van der Waals surface area contributed by atoms with Gasteiger partial charge in [-0.15, -0.1) is 11.8 Å². The monoisotopic (exact) mass is 496 g/mol. The molecule has 2 aromatic rings. The fourth-order valence-electron chi connectivity index (χ4n) is 4.60. The number of hydrogen-bond acceptors (Lipinski definition) is 6. The molecular weight excluding hydrogens is 464 g/mol. The Bertz CT molecular complexity index is 1200. The summed E-state index contributed by atoms with van der Waals surface area (Å²) < 4.78 is 9.62. The number of benzene rings is 2. The predicted molar refractivity (Wildman–Crippen MR) is 140 cm³/mol. The number of amides is 3. The first-order valence-corrected chi connectivity index (χ1v) is 12.4. The van der Waals surface area contributed by atoms with Gasteiger partial charge in [-0.2, -0.15) is 0 Å². The molecule has 2 heterocycles. The van der Waals surface area contributed by atoms with Crippen molar-refractivity contribution in [1.82, 2.24) is 4.90 Å². The third-order valence-electron chi connectivity index (χ3n) is 6.67. The normalized spacial score (nSPS) is 19.5. The van der Waals surface area contributed by atoms with Crippen LogP contribution >= 0.6 is 11.8 Å². The number of rotatable bonds is 6. The Balaban J connectivity index is 1.53. The minimum absolute atomic E-state index is 0.220. The van der Waals surface area contributed by atoms with Crippen molar-refractivity contribution in [3.05, 3.63) is 58.0 Å². The summed E-state index contributed by atoms with van der Waals surface area (Å²) in [6.45, 7) is 5.17. The second kappa shape index (κ2) is 9.73. The number of hydrogen-bond donors (Lipinski definition) is 3. The number of nitrogens with two attached hydrogens (primary N) is 2. The summed E-state index contributed by atoms with van der Waals surface area (Å²) in [6, 6.07) is 10.9. The van der Waals surface area contributed by atoms with Crippen molar-refractivity contribution in [3.63, 3.8) is 0 Å². The van der Waals surface area contributed by atoms with Gasteiger partial charge in [0, 0.05) is 34.5 Å². The maximum absolute atomic E-state index is 13.0. The van der Waals surface area contributed by atoms with E-state index in [9.17, 15) is 9.59 Å². The van der Waals surface area contributed by atoms with Crippen LogP contribution in [0, 0.1) is 0 Å². The summed E-state index contributed by atoms with van der Waals surface area (Å²) in [5, 5.41) is 2.93. The maximum atomic E-state index is 13.0. The Kier molecular flexibility index (Phi) is 6.89. The van der Waals surface area contributed by atoms with Crippen LogP contribution in [-0.4, -0.2) is 44.1 Å². The van der Waals surface area contributed by atoms with Crippen LogP contribution < -0.4 is 26.3 Å². The molecule has 1 unspecified atom stereocenters. The molecule has 0 bridgehead atoms. The Labute approximate surface area is 210 Å². The predicted octanol–water partition coefficient (Wildman–Crippen LogP) is 4.42. The van der Waals surface area contributed by atoms with Gasteiger partial charge in [-0.1, -0.05) is 31.6 Å². The molecule has 5 N–H and O–H groups in total. The van der Waals surface area contributed by atoms with Gasteiger partial charge in [-0.25, -0.2) is 4.79 Å². The third kappa shape index (κ3) is 4.65. The lowest BCUT2D eigenvalue weighted by Crippen LogP contribution is -2.39. The van der Waals surface area contributed by atoms with Crippen molar-refractivity contribution in [2.24, 2.45) is 5.73 Å². The van der Waals surface area contributed by atoms with E-state index in [2.05, 4.69) is 19.2 Å². The molecule has 0 radical (unpaired) electrons. The van der Waals surface area contributed by atoms with Crippen LogP contribution in [0.25, 0.3) is 0 Å². The number of methoxy groups -OCH3 is 2. The van der Waals surface area contributed by atoms with Gasteiger partial charge in [-0.3, -0.25) is 4.79 Å². The van der Waals surface area contributed by atoms with E-state index in [1.165, 1.54) is 17.3 Å². The molecular formula is C26H32N4O4S. The molecule has 0 aromatic heterocycles. The average molecular weight is 497 g/mol. The summed E-state index contributed by atoms with van der Waals surface area (Å²) in [5.41, 5.74) is 16.6. The van der Waals surface area contributed by atoms with Crippen LogP contribution in [0.4, 0.5) is 16.2 Å². The Morgan fingerprint density at radius 1 is 1.11 bits per heavy atom. The van der Waals surface area contributed by atoms with Gasteiger partial charge in [0.25, 0.3) is 0 Å². The van der Waals surface area contributed by atoms with Gasteiger partial charge < -0.3 is 31.2 Å². The first-order valence-electron chi connectivity index (χ1n) is 11.6. The van der Waals surface area contributed by atoms with E-state index in [4.69, 9.17) is 20.9 Å². The van der Waals surface area contributed by atoms with Crippen molar-refractivity contribution in [1.29, 1.82) is 0 Å². The van der Waals surface area contributed by atoms with E-state index in [0.29, 0.717) is 54.7 Å². The summed E-state index contributed by atoms with van der Waals surface area (Å²) in [5.74, 6) is 1.01. The lowest BCUT2D eigenvalue weighted by atomic mass is 9.85. The van der Waals surface area contributed by atoms with Crippen molar-refractivity contribution in [3.8, 4) is 11.5 Å². The quantitative estimate of drug-likeness (QED) is 0.509. The van der Waals surface area contributed by atoms with E-state index in [-0.39, 0.29) is 6.03 Å². The van der Waals surface area contributed by atoms with Gasteiger partial charge >= 0.3 is 6.03 Å². The molecule has 9 heteroatoms. The number of anilines is 2. The van der Waals surface area contributed by atoms with Crippen molar-refractivity contribution < 1.29 is 19.1 Å². The Hall–Kier alpha value is -3.33. The highest BCUT2D eigenvalue weighted by atomic mass is 32.2. The molecule has 0 spiro atoms. The number of urea groups is 1. The smallest absolute Gasteiger partial charge is 0.322 e. The number of carbonyl (C=O) groups is 2. The van der Waals surface area contributed by atoms with E-state index in [0.717, 1.165) is 16.0 Å². The fourth-order valence-corrected chi connectivity index (χ4v) is 6.20. The summed E-state index contributed by atoms with van der Waals surface area (Å²) in [4.78, 5) is 28.7. The SMILES string of the molecule is COc1ccc(NC(=O)N2CCC3=C(C2)SC(C(N)=O)(c2cc(C(C)C)ccc2N)C3)cc1OC. The molecule has 2 aromatic carbocycles. The molecule has 0 saturated carbocycles. The zero-order chi connectivity index (χ0) is 25.3. The number of nitrogens with one attached hydrogen (secondary N) is 1. The standard InChI is InChI=1S/C26H32N4O4S/c1-15(2)16-5-7-20(27)19(11-16)26(24(28)31)13-17-9-10-30(14-23(17)35-26)25(32)29-18-6-8-21(33-3)22(12-18)34-4/h5-8,11-12,15H,9-10,13-14,27H2,1-4H3,(H2,28,31)(H,29,32). The van der Waals surface area contributed by atoms with E-state index >= 15 is 0 Å². The molecule has 0 aliphatic carbocycles.